The fourth-order valence-electron chi connectivity index (χ4n) is 2.18. The van der Waals surface area contributed by atoms with Gasteiger partial charge in [-0.3, -0.25) is 0 Å². The third kappa shape index (κ3) is 2.85. The van der Waals surface area contributed by atoms with E-state index in [1.54, 1.807) is 6.20 Å². The summed E-state index contributed by atoms with van der Waals surface area (Å²) in [5.74, 6) is 1.21. The molecule has 0 aliphatic heterocycles. The van der Waals surface area contributed by atoms with Crippen LogP contribution < -0.4 is 5.32 Å². The predicted octanol–water partition coefficient (Wildman–Crippen LogP) is 4.12. The quantitative estimate of drug-likeness (QED) is 0.788. The first-order valence-corrected chi connectivity index (χ1v) is 7.34. The summed E-state index contributed by atoms with van der Waals surface area (Å²) in [6.07, 6.45) is 3.61. The van der Waals surface area contributed by atoms with Gasteiger partial charge in [0.05, 0.1) is 5.69 Å². The smallest absolute Gasteiger partial charge is 0.152 e. The van der Waals surface area contributed by atoms with Crippen molar-refractivity contribution >= 4 is 22.9 Å². The monoisotopic (exact) mass is 300 g/mol. The number of halogens is 1. The Morgan fingerprint density at radius 2 is 2.10 bits per heavy atom. The number of hydrogen-bond donors (Lipinski definition) is 1. The maximum absolute atomic E-state index is 6.18. The SMILES string of the molecule is CC(C)c1cc2c(NCc3ccccc3Cl)nccn2n1. The number of nitrogens with one attached hydrogen (secondary N) is 1. The zero-order valence-corrected chi connectivity index (χ0v) is 12.8. The van der Waals surface area contributed by atoms with Crippen LogP contribution in [0.1, 0.15) is 31.0 Å². The van der Waals surface area contributed by atoms with E-state index in [2.05, 4.69) is 35.3 Å². The lowest BCUT2D eigenvalue weighted by Crippen LogP contribution is -2.03. The summed E-state index contributed by atoms with van der Waals surface area (Å²) in [6, 6.07) is 9.88. The third-order valence-electron chi connectivity index (χ3n) is 3.40. The Labute approximate surface area is 128 Å². The van der Waals surface area contributed by atoms with E-state index in [-0.39, 0.29) is 0 Å². The summed E-state index contributed by atoms with van der Waals surface area (Å²) >= 11 is 6.18. The van der Waals surface area contributed by atoms with Crippen molar-refractivity contribution in [2.45, 2.75) is 26.3 Å². The summed E-state index contributed by atoms with van der Waals surface area (Å²) < 4.78 is 1.86. The summed E-state index contributed by atoms with van der Waals surface area (Å²) in [5, 5.41) is 8.65. The van der Waals surface area contributed by atoms with Crippen molar-refractivity contribution in [3.05, 3.63) is 59.0 Å². The maximum Gasteiger partial charge on any atom is 0.152 e. The van der Waals surface area contributed by atoms with Crippen LogP contribution in [0, 0.1) is 0 Å². The Morgan fingerprint density at radius 3 is 2.86 bits per heavy atom. The van der Waals surface area contributed by atoms with Crippen molar-refractivity contribution in [2.24, 2.45) is 0 Å². The normalized spacial score (nSPS) is 11.2. The van der Waals surface area contributed by atoms with E-state index in [9.17, 15) is 0 Å². The number of anilines is 1. The van der Waals surface area contributed by atoms with E-state index < -0.39 is 0 Å². The van der Waals surface area contributed by atoms with Crippen LogP contribution in [-0.2, 0) is 6.54 Å². The lowest BCUT2D eigenvalue weighted by atomic mass is 10.1. The minimum Gasteiger partial charge on any atom is -0.364 e. The zero-order chi connectivity index (χ0) is 14.8. The molecular formula is C16H17ClN4. The summed E-state index contributed by atoms with van der Waals surface area (Å²) in [7, 11) is 0. The van der Waals surface area contributed by atoms with Crippen LogP contribution in [0.4, 0.5) is 5.82 Å². The Hall–Kier alpha value is -2.07. The van der Waals surface area contributed by atoms with Gasteiger partial charge >= 0.3 is 0 Å². The number of hydrogen-bond acceptors (Lipinski definition) is 3. The highest BCUT2D eigenvalue weighted by atomic mass is 35.5. The predicted molar refractivity (Wildman–Crippen MR) is 85.9 cm³/mol. The molecule has 1 aromatic carbocycles. The molecule has 4 nitrogen and oxygen atoms in total. The first kappa shape index (κ1) is 13.9. The largest absolute Gasteiger partial charge is 0.364 e. The van der Waals surface area contributed by atoms with Crippen LogP contribution in [-0.4, -0.2) is 14.6 Å². The average Bonchev–Trinajstić information content (AvgIpc) is 2.91. The first-order valence-electron chi connectivity index (χ1n) is 6.96. The van der Waals surface area contributed by atoms with Gasteiger partial charge in [-0.25, -0.2) is 9.50 Å². The number of benzene rings is 1. The van der Waals surface area contributed by atoms with Gasteiger partial charge in [0.2, 0.25) is 0 Å². The average molecular weight is 301 g/mol. The molecule has 2 heterocycles. The van der Waals surface area contributed by atoms with Gasteiger partial charge in [0, 0.05) is 24.0 Å². The zero-order valence-electron chi connectivity index (χ0n) is 12.0. The van der Waals surface area contributed by atoms with Gasteiger partial charge < -0.3 is 5.32 Å². The van der Waals surface area contributed by atoms with Crippen molar-refractivity contribution in [2.75, 3.05) is 5.32 Å². The molecule has 0 aliphatic rings. The van der Waals surface area contributed by atoms with E-state index in [4.69, 9.17) is 11.6 Å². The molecule has 0 aliphatic carbocycles. The second kappa shape index (κ2) is 5.74. The van der Waals surface area contributed by atoms with Crippen LogP contribution in [0.2, 0.25) is 5.02 Å². The van der Waals surface area contributed by atoms with E-state index in [1.807, 2.05) is 35.0 Å². The molecule has 3 rings (SSSR count). The second-order valence-corrected chi connectivity index (χ2v) is 5.68. The highest BCUT2D eigenvalue weighted by molar-refractivity contribution is 6.31. The summed E-state index contributed by atoms with van der Waals surface area (Å²) in [5.41, 5.74) is 3.09. The lowest BCUT2D eigenvalue weighted by molar-refractivity contribution is 0.787. The maximum atomic E-state index is 6.18. The van der Waals surface area contributed by atoms with E-state index >= 15 is 0 Å². The summed E-state index contributed by atoms with van der Waals surface area (Å²) in [4.78, 5) is 4.41. The second-order valence-electron chi connectivity index (χ2n) is 5.27. The Bertz CT molecular complexity index is 764. The van der Waals surface area contributed by atoms with Gasteiger partial charge in [-0.05, 0) is 23.6 Å². The molecule has 0 unspecified atom stereocenters. The van der Waals surface area contributed by atoms with Crippen molar-refractivity contribution in [1.29, 1.82) is 0 Å². The van der Waals surface area contributed by atoms with E-state index in [1.165, 1.54) is 0 Å². The topological polar surface area (TPSA) is 42.2 Å². The lowest BCUT2D eigenvalue weighted by Gasteiger charge is -2.08. The van der Waals surface area contributed by atoms with Gasteiger partial charge in [0.25, 0.3) is 0 Å². The fraction of sp³-hybridized carbons (Fsp3) is 0.250. The molecule has 3 aromatic rings. The molecule has 0 fully saturated rings. The Balaban J connectivity index is 1.88. The van der Waals surface area contributed by atoms with Crippen molar-refractivity contribution in [3.8, 4) is 0 Å². The van der Waals surface area contributed by atoms with Gasteiger partial charge in [0.1, 0.15) is 5.52 Å². The molecule has 108 valence electrons. The van der Waals surface area contributed by atoms with Gasteiger partial charge in [-0.2, -0.15) is 5.10 Å². The van der Waals surface area contributed by atoms with Crippen LogP contribution in [0.5, 0.6) is 0 Å². The first-order chi connectivity index (χ1) is 10.1. The number of fused-ring (bicyclic) bond motifs is 1. The van der Waals surface area contributed by atoms with Crippen LogP contribution >= 0.6 is 11.6 Å². The third-order valence-corrected chi connectivity index (χ3v) is 3.77. The molecule has 0 saturated carbocycles. The fourth-order valence-corrected chi connectivity index (χ4v) is 2.38. The van der Waals surface area contributed by atoms with Crippen LogP contribution in [0.3, 0.4) is 0 Å². The van der Waals surface area contributed by atoms with Crippen molar-refractivity contribution in [3.63, 3.8) is 0 Å². The van der Waals surface area contributed by atoms with Gasteiger partial charge in [0.15, 0.2) is 5.82 Å². The molecule has 5 heteroatoms. The number of aromatic nitrogens is 3. The highest BCUT2D eigenvalue weighted by Gasteiger charge is 2.10. The molecule has 0 radical (unpaired) electrons. The molecule has 0 amide bonds. The van der Waals surface area contributed by atoms with Crippen molar-refractivity contribution < 1.29 is 0 Å². The molecule has 21 heavy (non-hydrogen) atoms. The molecule has 0 spiro atoms. The molecular weight excluding hydrogens is 284 g/mol. The molecule has 0 saturated heterocycles. The minimum absolute atomic E-state index is 0.390. The molecule has 0 atom stereocenters. The summed E-state index contributed by atoms with van der Waals surface area (Å²) in [6.45, 7) is 4.90. The van der Waals surface area contributed by atoms with E-state index in [0.717, 1.165) is 27.6 Å². The van der Waals surface area contributed by atoms with E-state index in [0.29, 0.717) is 12.5 Å². The standard InChI is InChI=1S/C16H17ClN4/c1-11(2)14-9-15-16(18-7-8-21(15)20-14)19-10-12-5-3-4-6-13(12)17/h3-9,11H,10H2,1-2H3,(H,18,19). The molecule has 2 aromatic heterocycles. The number of nitrogens with zero attached hydrogens (tertiary/aromatic N) is 3. The molecule has 0 bridgehead atoms. The van der Waals surface area contributed by atoms with Gasteiger partial charge in [-0.15, -0.1) is 0 Å². The van der Waals surface area contributed by atoms with Crippen molar-refractivity contribution in [1.82, 2.24) is 14.6 Å². The number of rotatable bonds is 4. The van der Waals surface area contributed by atoms with Crippen LogP contribution in [0.15, 0.2) is 42.7 Å². The van der Waals surface area contributed by atoms with Crippen LogP contribution in [0.25, 0.3) is 5.52 Å². The Morgan fingerprint density at radius 1 is 1.29 bits per heavy atom. The van der Waals surface area contributed by atoms with Gasteiger partial charge in [-0.1, -0.05) is 43.6 Å². The minimum atomic E-state index is 0.390. The molecule has 1 N–H and O–H groups in total. The highest BCUT2D eigenvalue weighted by Crippen LogP contribution is 2.21. The Kier molecular flexibility index (Phi) is 3.80.